The Hall–Kier alpha value is -1.39. The Morgan fingerprint density at radius 2 is 1.95 bits per heavy atom. The maximum Gasteiger partial charge on any atom is 0.263 e. The number of nitrogens with zero attached hydrogens (tertiary/aromatic N) is 1. The van der Waals surface area contributed by atoms with E-state index in [1.807, 2.05) is 17.0 Å². The third kappa shape index (κ3) is 3.50. The molecule has 2 nitrogen and oxygen atoms in total. The van der Waals surface area contributed by atoms with Gasteiger partial charge in [-0.2, -0.15) is 0 Å². The number of rotatable bonds is 2. The van der Waals surface area contributed by atoms with E-state index in [1.165, 1.54) is 23.5 Å². The van der Waals surface area contributed by atoms with Crippen molar-refractivity contribution in [2.45, 2.75) is 25.2 Å². The summed E-state index contributed by atoms with van der Waals surface area (Å²) in [6.45, 7) is 1.45. The fraction of sp³-hybridized carbons (Fsp3) is 0.353. The molecule has 0 N–H and O–H groups in total. The van der Waals surface area contributed by atoms with Crippen molar-refractivity contribution in [3.05, 3.63) is 57.0 Å². The second-order valence-corrected chi connectivity index (χ2v) is 7.31. The summed E-state index contributed by atoms with van der Waals surface area (Å²) in [5, 5.41) is 0. The maximum atomic E-state index is 13.1. The summed E-state index contributed by atoms with van der Waals surface area (Å²) in [5.74, 6) is 0.0897. The summed E-state index contributed by atoms with van der Waals surface area (Å²) >= 11 is 7.25. The topological polar surface area (TPSA) is 20.3 Å². The first-order chi connectivity index (χ1) is 10.6. The van der Waals surface area contributed by atoms with Crippen LogP contribution in [0, 0.1) is 5.82 Å². The zero-order valence-corrected chi connectivity index (χ0v) is 13.7. The van der Waals surface area contributed by atoms with E-state index in [2.05, 4.69) is 0 Å². The number of hydrogen-bond acceptors (Lipinski definition) is 2. The van der Waals surface area contributed by atoms with Gasteiger partial charge in [0, 0.05) is 19.0 Å². The zero-order chi connectivity index (χ0) is 15.5. The molecule has 1 atom stereocenters. The van der Waals surface area contributed by atoms with Crippen molar-refractivity contribution in [2.24, 2.45) is 0 Å². The van der Waals surface area contributed by atoms with Crippen molar-refractivity contribution in [3.8, 4) is 0 Å². The van der Waals surface area contributed by atoms with Crippen LogP contribution in [0.1, 0.15) is 40.4 Å². The maximum absolute atomic E-state index is 13.1. The zero-order valence-electron chi connectivity index (χ0n) is 12.1. The molecule has 5 heteroatoms. The van der Waals surface area contributed by atoms with Crippen LogP contribution in [0.15, 0.2) is 36.4 Å². The smallest absolute Gasteiger partial charge is 0.263 e. The molecule has 0 radical (unpaired) electrons. The fourth-order valence-corrected chi connectivity index (χ4v) is 3.93. The third-order valence-corrected chi connectivity index (χ3v) is 5.30. The normalized spacial score (nSPS) is 19.0. The van der Waals surface area contributed by atoms with Gasteiger partial charge in [-0.1, -0.05) is 30.2 Å². The van der Waals surface area contributed by atoms with Gasteiger partial charge in [-0.3, -0.25) is 4.79 Å². The van der Waals surface area contributed by atoms with E-state index < -0.39 is 0 Å². The molecular formula is C17H17ClFNOS. The van der Waals surface area contributed by atoms with Gasteiger partial charge >= 0.3 is 0 Å². The van der Waals surface area contributed by atoms with E-state index in [1.54, 1.807) is 12.1 Å². The van der Waals surface area contributed by atoms with E-state index >= 15 is 0 Å². The molecule has 22 heavy (non-hydrogen) atoms. The first-order valence-electron chi connectivity index (χ1n) is 7.43. The summed E-state index contributed by atoms with van der Waals surface area (Å²) in [6.07, 6.45) is 3.11. The minimum atomic E-state index is -0.224. The highest BCUT2D eigenvalue weighted by molar-refractivity contribution is 7.17. The van der Waals surface area contributed by atoms with Gasteiger partial charge in [-0.15, -0.1) is 11.3 Å². The lowest BCUT2D eigenvalue weighted by Crippen LogP contribution is -2.33. The monoisotopic (exact) mass is 337 g/mol. The third-order valence-electron chi connectivity index (χ3n) is 4.08. The highest BCUT2D eigenvalue weighted by atomic mass is 35.5. The van der Waals surface area contributed by atoms with Crippen LogP contribution in [-0.4, -0.2) is 23.9 Å². The summed E-state index contributed by atoms with van der Waals surface area (Å²) in [5.41, 5.74) is 1.10. The number of amides is 1. The molecule has 1 saturated heterocycles. The van der Waals surface area contributed by atoms with Crippen LogP contribution >= 0.6 is 22.9 Å². The summed E-state index contributed by atoms with van der Waals surface area (Å²) in [4.78, 5) is 15.2. The van der Waals surface area contributed by atoms with Crippen LogP contribution in [0.4, 0.5) is 4.39 Å². The molecule has 1 fully saturated rings. The number of carbonyl (C=O) groups is 1. The van der Waals surface area contributed by atoms with Crippen molar-refractivity contribution >= 4 is 28.8 Å². The minimum absolute atomic E-state index is 0.0471. The molecule has 0 aliphatic carbocycles. The van der Waals surface area contributed by atoms with Crippen molar-refractivity contribution in [1.29, 1.82) is 0 Å². The molecule has 2 aromatic rings. The lowest BCUT2D eigenvalue weighted by molar-refractivity contribution is 0.0759. The quantitative estimate of drug-likeness (QED) is 0.759. The number of carbonyl (C=O) groups excluding carboxylic acids is 1. The Morgan fingerprint density at radius 1 is 1.18 bits per heavy atom. The Balaban J connectivity index is 1.77. The lowest BCUT2D eigenvalue weighted by atomic mass is 9.94. The second-order valence-electron chi connectivity index (χ2n) is 5.60. The number of likely N-dealkylation sites (tertiary alicyclic amines) is 1. The molecule has 1 amide bonds. The Labute approximate surface area is 138 Å². The van der Waals surface area contributed by atoms with Crippen molar-refractivity contribution in [1.82, 2.24) is 4.90 Å². The van der Waals surface area contributed by atoms with E-state index in [0.717, 1.165) is 31.4 Å². The predicted octanol–water partition coefficient (Wildman–Crippen LogP) is 4.95. The SMILES string of the molecule is O=C(c1ccc(Cl)s1)N1CCCCC(c2ccc(F)cc2)C1. The molecule has 1 unspecified atom stereocenters. The van der Waals surface area contributed by atoms with Crippen LogP contribution in [-0.2, 0) is 0 Å². The lowest BCUT2D eigenvalue weighted by Gasteiger charge is -2.24. The number of halogens is 2. The molecule has 1 aliphatic heterocycles. The second kappa shape index (κ2) is 6.80. The highest BCUT2D eigenvalue weighted by Gasteiger charge is 2.24. The first kappa shape index (κ1) is 15.5. The highest BCUT2D eigenvalue weighted by Crippen LogP contribution is 2.29. The van der Waals surface area contributed by atoms with Crippen LogP contribution in [0.3, 0.4) is 0 Å². The fourth-order valence-electron chi connectivity index (χ4n) is 2.92. The molecule has 1 aromatic heterocycles. The van der Waals surface area contributed by atoms with E-state index in [4.69, 9.17) is 11.6 Å². The van der Waals surface area contributed by atoms with Crippen molar-refractivity contribution in [3.63, 3.8) is 0 Å². The summed E-state index contributed by atoms with van der Waals surface area (Å²) in [7, 11) is 0. The Morgan fingerprint density at radius 3 is 2.64 bits per heavy atom. The van der Waals surface area contributed by atoms with Gasteiger partial charge in [0.2, 0.25) is 0 Å². The van der Waals surface area contributed by atoms with Gasteiger partial charge < -0.3 is 4.90 Å². The van der Waals surface area contributed by atoms with Crippen LogP contribution in [0.2, 0.25) is 4.34 Å². The molecule has 0 saturated carbocycles. The molecular weight excluding hydrogens is 321 g/mol. The molecule has 1 aromatic carbocycles. The summed E-state index contributed by atoms with van der Waals surface area (Å²) in [6, 6.07) is 10.2. The van der Waals surface area contributed by atoms with Crippen molar-refractivity contribution < 1.29 is 9.18 Å². The van der Waals surface area contributed by atoms with E-state index in [0.29, 0.717) is 15.8 Å². The molecule has 0 spiro atoms. The van der Waals surface area contributed by atoms with Crippen LogP contribution in [0.25, 0.3) is 0 Å². The van der Waals surface area contributed by atoms with Gasteiger partial charge in [0.25, 0.3) is 5.91 Å². The minimum Gasteiger partial charge on any atom is -0.337 e. The average Bonchev–Trinajstić information content (AvgIpc) is 2.81. The van der Waals surface area contributed by atoms with Crippen LogP contribution in [0.5, 0.6) is 0 Å². The van der Waals surface area contributed by atoms with Crippen LogP contribution < -0.4 is 0 Å². The van der Waals surface area contributed by atoms with E-state index in [9.17, 15) is 9.18 Å². The Bertz CT molecular complexity index is 655. The van der Waals surface area contributed by atoms with Gasteiger partial charge in [0.15, 0.2) is 0 Å². The van der Waals surface area contributed by atoms with E-state index in [-0.39, 0.29) is 17.6 Å². The standard InChI is InChI=1S/C17H17ClFNOS/c18-16-9-8-15(22-16)17(21)20-10-2-1-3-13(11-20)12-4-6-14(19)7-5-12/h4-9,13H,1-3,10-11H2. The predicted molar refractivity (Wildman–Crippen MR) is 88.2 cm³/mol. The summed E-state index contributed by atoms with van der Waals surface area (Å²) < 4.78 is 13.7. The molecule has 0 bridgehead atoms. The average molecular weight is 338 g/mol. The van der Waals surface area contributed by atoms with Gasteiger partial charge in [0.1, 0.15) is 5.82 Å². The molecule has 1 aliphatic rings. The number of hydrogen-bond donors (Lipinski definition) is 0. The van der Waals surface area contributed by atoms with Crippen molar-refractivity contribution in [2.75, 3.05) is 13.1 Å². The first-order valence-corrected chi connectivity index (χ1v) is 8.63. The van der Waals surface area contributed by atoms with Gasteiger partial charge in [-0.25, -0.2) is 4.39 Å². The molecule has 116 valence electrons. The molecule has 3 rings (SSSR count). The van der Waals surface area contributed by atoms with Gasteiger partial charge in [-0.05, 0) is 42.7 Å². The number of thiophene rings is 1. The Kier molecular flexibility index (Phi) is 4.79. The largest absolute Gasteiger partial charge is 0.337 e. The number of benzene rings is 1. The molecule has 2 heterocycles. The van der Waals surface area contributed by atoms with Gasteiger partial charge in [0.05, 0.1) is 9.21 Å².